The molecular formula is C8H8N2O2. The zero-order valence-corrected chi connectivity index (χ0v) is 6.32. The lowest BCUT2D eigenvalue weighted by Gasteiger charge is -2.14. The monoisotopic (exact) mass is 164 g/mol. The van der Waals surface area contributed by atoms with Crippen LogP contribution in [0.25, 0.3) is 0 Å². The van der Waals surface area contributed by atoms with Crippen molar-refractivity contribution in [3.63, 3.8) is 0 Å². The van der Waals surface area contributed by atoms with Gasteiger partial charge in [0, 0.05) is 0 Å². The van der Waals surface area contributed by atoms with Crippen LogP contribution in [0.2, 0.25) is 0 Å². The molecule has 0 saturated carbocycles. The summed E-state index contributed by atoms with van der Waals surface area (Å²) in [5, 5.41) is 9.33. The van der Waals surface area contributed by atoms with Gasteiger partial charge in [-0.25, -0.2) is 4.99 Å². The van der Waals surface area contributed by atoms with Gasteiger partial charge in [0.05, 0.1) is 0 Å². The SMILES string of the molecule is NC1=Nc2c(O)cccc2OC1. The molecule has 1 aliphatic rings. The highest BCUT2D eigenvalue weighted by atomic mass is 16.5. The first-order valence-corrected chi connectivity index (χ1v) is 3.55. The smallest absolute Gasteiger partial charge is 0.149 e. The van der Waals surface area contributed by atoms with Crippen molar-refractivity contribution in [2.24, 2.45) is 10.7 Å². The molecule has 0 saturated heterocycles. The van der Waals surface area contributed by atoms with E-state index in [0.717, 1.165) is 0 Å². The van der Waals surface area contributed by atoms with Crippen molar-refractivity contribution in [2.75, 3.05) is 6.61 Å². The summed E-state index contributed by atoms with van der Waals surface area (Å²) in [5.74, 6) is 1.04. The summed E-state index contributed by atoms with van der Waals surface area (Å²) in [7, 11) is 0. The summed E-state index contributed by atoms with van der Waals surface area (Å²) in [6.45, 7) is 0.288. The highest BCUT2D eigenvalue weighted by Crippen LogP contribution is 2.37. The number of nitrogens with zero attached hydrogens (tertiary/aromatic N) is 1. The first-order chi connectivity index (χ1) is 5.77. The maximum Gasteiger partial charge on any atom is 0.149 e. The Balaban J connectivity index is 2.59. The second-order valence-corrected chi connectivity index (χ2v) is 2.52. The predicted molar refractivity (Wildman–Crippen MR) is 44.9 cm³/mol. The Labute approximate surface area is 69.3 Å². The average molecular weight is 164 g/mol. The predicted octanol–water partition coefficient (Wildman–Crippen LogP) is 0.773. The molecule has 1 aromatic rings. The highest BCUT2D eigenvalue weighted by Gasteiger charge is 2.13. The fourth-order valence-electron chi connectivity index (χ4n) is 1.07. The highest BCUT2D eigenvalue weighted by molar-refractivity contribution is 5.88. The number of phenolic OH excluding ortho intramolecular Hbond substituents is 1. The molecule has 3 N–H and O–H groups in total. The number of hydrogen-bond donors (Lipinski definition) is 2. The van der Waals surface area contributed by atoms with Crippen LogP contribution in [-0.4, -0.2) is 17.5 Å². The molecule has 1 aromatic carbocycles. The van der Waals surface area contributed by atoms with E-state index in [1.54, 1.807) is 18.2 Å². The van der Waals surface area contributed by atoms with E-state index in [1.807, 2.05) is 0 Å². The number of nitrogens with two attached hydrogens (primary N) is 1. The minimum atomic E-state index is 0.0927. The number of amidine groups is 1. The number of fused-ring (bicyclic) bond motifs is 1. The van der Waals surface area contributed by atoms with Gasteiger partial charge in [-0.1, -0.05) is 6.07 Å². The van der Waals surface area contributed by atoms with Gasteiger partial charge < -0.3 is 15.6 Å². The molecule has 4 nitrogen and oxygen atoms in total. The van der Waals surface area contributed by atoms with Crippen molar-refractivity contribution in [3.8, 4) is 11.5 Å². The fourth-order valence-corrected chi connectivity index (χ4v) is 1.07. The molecule has 2 rings (SSSR count). The van der Waals surface area contributed by atoms with Crippen molar-refractivity contribution in [3.05, 3.63) is 18.2 Å². The average Bonchev–Trinajstić information content (AvgIpc) is 2.07. The zero-order valence-electron chi connectivity index (χ0n) is 6.32. The molecule has 12 heavy (non-hydrogen) atoms. The maximum atomic E-state index is 9.33. The van der Waals surface area contributed by atoms with E-state index in [2.05, 4.69) is 4.99 Å². The third-order valence-electron chi connectivity index (χ3n) is 1.61. The van der Waals surface area contributed by atoms with Gasteiger partial charge in [0.25, 0.3) is 0 Å². The van der Waals surface area contributed by atoms with Crippen LogP contribution >= 0.6 is 0 Å². The first kappa shape index (κ1) is 6.97. The molecule has 0 atom stereocenters. The molecule has 0 amide bonds. The van der Waals surface area contributed by atoms with Crippen molar-refractivity contribution in [2.45, 2.75) is 0 Å². The number of phenols is 1. The Bertz CT molecular complexity index is 347. The van der Waals surface area contributed by atoms with E-state index in [4.69, 9.17) is 10.5 Å². The third-order valence-corrected chi connectivity index (χ3v) is 1.61. The van der Waals surface area contributed by atoms with Gasteiger partial charge >= 0.3 is 0 Å². The molecule has 0 aromatic heterocycles. The molecule has 4 heteroatoms. The summed E-state index contributed by atoms with van der Waals surface area (Å²) in [6, 6.07) is 4.99. The number of aliphatic imine (C=N–C) groups is 1. The van der Waals surface area contributed by atoms with Crippen LogP contribution < -0.4 is 10.5 Å². The van der Waals surface area contributed by atoms with Gasteiger partial charge in [0.2, 0.25) is 0 Å². The normalized spacial score (nSPS) is 14.5. The molecule has 0 spiro atoms. The maximum absolute atomic E-state index is 9.33. The van der Waals surface area contributed by atoms with Crippen LogP contribution in [0.3, 0.4) is 0 Å². The minimum absolute atomic E-state index is 0.0927. The standard InChI is InChI=1S/C8H8N2O2/c9-7-4-12-6-3-1-2-5(11)8(6)10-7/h1-3,11H,4H2,(H2,9,10). The molecule has 1 aliphatic heterocycles. The van der Waals surface area contributed by atoms with Crippen LogP contribution in [0.1, 0.15) is 0 Å². The van der Waals surface area contributed by atoms with E-state index < -0.39 is 0 Å². The van der Waals surface area contributed by atoms with E-state index in [0.29, 0.717) is 17.3 Å². The Hall–Kier alpha value is -1.71. The Morgan fingerprint density at radius 2 is 2.33 bits per heavy atom. The van der Waals surface area contributed by atoms with Gasteiger partial charge in [-0.15, -0.1) is 0 Å². The topological polar surface area (TPSA) is 67.8 Å². The quantitative estimate of drug-likeness (QED) is 0.595. The van der Waals surface area contributed by atoms with Gasteiger partial charge in [-0.05, 0) is 12.1 Å². The second kappa shape index (κ2) is 2.41. The summed E-state index contributed by atoms with van der Waals surface area (Å²) in [4.78, 5) is 3.96. The summed E-state index contributed by atoms with van der Waals surface area (Å²) in [5.41, 5.74) is 5.85. The molecule has 0 radical (unpaired) electrons. The van der Waals surface area contributed by atoms with Crippen LogP contribution in [0.5, 0.6) is 11.5 Å². The molecule has 1 heterocycles. The summed E-state index contributed by atoms with van der Waals surface area (Å²) >= 11 is 0. The van der Waals surface area contributed by atoms with Gasteiger partial charge in [0.15, 0.2) is 0 Å². The van der Waals surface area contributed by atoms with E-state index in [1.165, 1.54) is 0 Å². The lowest BCUT2D eigenvalue weighted by Crippen LogP contribution is -2.23. The van der Waals surface area contributed by atoms with Gasteiger partial charge in [-0.2, -0.15) is 0 Å². The zero-order chi connectivity index (χ0) is 8.55. The fraction of sp³-hybridized carbons (Fsp3) is 0.125. The summed E-state index contributed by atoms with van der Waals surface area (Å²) in [6.07, 6.45) is 0. The Morgan fingerprint density at radius 1 is 1.50 bits per heavy atom. The Morgan fingerprint density at radius 3 is 3.17 bits per heavy atom. The van der Waals surface area contributed by atoms with E-state index in [9.17, 15) is 5.11 Å². The summed E-state index contributed by atoms with van der Waals surface area (Å²) < 4.78 is 5.20. The van der Waals surface area contributed by atoms with Crippen LogP contribution in [0, 0.1) is 0 Å². The number of para-hydroxylation sites is 1. The van der Waals surface area contributed by atoms with Crippen LogP contribution in [-0.2, 0) is 0 Å². The van der Waals surface area contributed by atoms with E-state index in [-0.39, 0.29) is 12.4 Å². The lowest BCUT2D eigenvalue weighted by molar-refractivity contribution is 0.367. The lowest BCUT2D eigenvalue weighted by atomic mass is 10.2. The number of hydrogen-bond acceptors (Lipinski definition) is 4. The first-order valence-electron chi connectivity index (χ1n) is 3.55. The molecule has 62 valence electrons. The van der Waals surface area contributed by atoms with E-state index >= 15 is 0 Å². The Kier molecular flexibility index (Phi) is 1.40. The minimum Gasteiger partial charge on any atom is -0.506 e. The number of aromatic hydroxyl groups is 1. The molecule has 0 fully saturated rings. The largest absolute Gasteiger partial charge is 0.506 e. The van der Waals surface area contributed by atoms with Gasteiger partial charge in [0.1, 0.15) is 29.6 Å². The molecule has 0 bridgehead atoms. The molecule has 0 aliphatic carbocycles. The van der Waals surface area contributed by atoms with Crippen molar-refractivity contribution < 1.29 is 9.84 Å². The molecule has 0 unspecified atom stereocenters. The van der Waals surface area contributed by atoms with Gasteiger partial charge in [-0.3, -0.25) is 0 Å². The third kappa shape index (κ3) is 0.972. The molecular weight excluding hydrogens is 156 g/mol. The van der Waals surface area contributed by atoms with Crippen molar-refractivity contribution in [1.29, 1.82) is 0 Å². The van der Waals surface area contributed by atoms with Crippen molar-refractivity contribution in [1.82, 2.24) is 0 Å². The van der Waals surface area contributed by atoms with Crippen LogP contribution in [0.4, 0.5) is 5.69 Å². The number of ether oxygens (including phenoxy) is 1. The van der Waals surface area contributed by atoms with Crippen LogP contribution in [0.15, 0.2) is 23.2 Å². The van der Waals surface area contributed by atoms with Crippen molar-refractivity contribution >= 4 is 11.5 Å². The second-order valence-electron chi connectivity index (χ2n) is 2.52. The number of rotatable bonds is 0. The number of benzene rings is 1.